The van der Waals surface area contributed by atoms with E-state index >= 15 is 0 Å². The molecule has 3 heterocycles. The number of benzene rings is 1. The van der Waals surface area contributed by atoms with Crippen LogP contribution in [0.1, 0.15) is 22.5 Å². The third kappa shape index (κ3) is 3.77. The smallest absolute Gasteiger partial charge is 0.274 e. The summed E-state index contributed by atoms with van der Waals surface area (Å²) in [6.07, 6.45) is 5.54. The van der Waals surface area contributed by atoms with Crippen LogP contribution in [0.3, 0.4) is 0 Å². The van der Waals surface area contributed by atoms with Gasteiger partial charge in [0.2, 0.25) is 0 Å². The van der Waals surface area contributed by atoms with Gasteiger partial charge >= 0.3 is 0 Å². The van der Waals surface area contributed by atoms with E-state index in [0.717, 1.165) is 25.2 Å². The number of fused-ring (bicyclic) bond motifs is 1. The number of aryl methyl sites for hydroxylation is 1. The number of anilines is 2. The fraction of sp³-hybridized carbons (Fsp3) is 0.389. The fourth-order valence-electron chi connectivity index (χ4n) is 3.12. The molecule has 1 fully saturated rings. The monoisotopic (exact) mass is 355 g/mol. The lowest BCUT2D eigenvalue weighted by Gasteiger charge is -2.26. The van der Waals surface area contributed by atoms with Gasteiger partial charge in [0.15, 0.2) is 0 Å². The molecule has 130 valence electrons. The van der Waals surface area contributed by atoms with Gasteiger partial charge in [-0.2, -0.15) is 0 Å². The van der Waals surface area contributed by atoms with E-state index in [1.807, 2.05) is 16.7 Å². The average molecular weight is 355 g/mol. The fourth-order valence-corrected chi connectivity index (χ4v) is 4.14. The number of hydrogen-bond donors (Lipinski definition) is 2. The molecule has 2 aromatic rings. The number of piperazine rings is 1. The van der Waals surface area contributed by atoms with Crippen LogP contribution in [-0.4, -0.2) is 52.7 Å². The minimum absolute atomic E-state index is 0.0497. The Kier molecular flexibility index (Phi) is 4.85. The van der Waals surface area contributed by atoms with Crippen LogP contribution in [0.2, 0.25) is 0 Å². The molecule has 0 saturated carbocycles. The highest BCUT2D eigenvalue weighted by Gasteiger charge is 2.19. The Morgan fingerprint density at radius 1 is 1.20 bits per heavy atom. The Morgan fingerprint density at radius 3 is 2.88 bits per heavy atom. The second kappa shape index (κ2) is 7.41. The van der Waals surface area contributed by atoms with Crippen LogP contribution >= 0.6 is 11.8 Å². The second-order valence-electron chi connectivity index (χ2n) is 6.23. The van der Waals surface area contributed by atoms with Gasteiger partial charge in [-0.25, -0.2) is 9.97 Å². The SMILES string of the molecule is O=C(c1cnc(Nc2ccc3c(c2)CCCS3)cn1)N1CCNCC1. The van der Waals surface area contributed by atoms with Crippen LogP contribution in [0.4, 0.5) is 11.5 Å². The minimum atomic E-state index is -0.0497. The molecule has 2 aliphatic heterocycles. The number of carbonyl (C=O) groups excluding carboxylic acids is 1. The third-order valence-corrected chi connectivity index (χ3v) is 5.66. The maximum atomic E-state index is 12.4. The van der Waals surface area contributed by atoms with Gasteiger partial charge in [0, 0.05) is 36.8 Å². The highest BCUT2D eigenvalue weighted by Crippen LogP contribution is 2.32. The number of aromatic nitrogens is 2. The first-order chi connectivity index (χ1) is 12.3. The predicted molar refractivity (Wildman–Crippen MR) is 99.6 cm³/mol. The lowest BCUT2D eigenvalue weighted by atomic mass is 10.1. The van der Waals surface area contributed by atoms with E-state index in [9.17, 15) is 4.79 Å². The van der Waals surface area contributed by atoms with Crippen LogP contribution in [0.5, 0.6) is 0 Å². The van der Waals surface area contributed by atoms with Crippen LogP contribution in [0, 0.1) is 0 Å². The van der Waals surface area contributed by atoms with Gasteiger partial charge in [0.1, 0.15) is 11.5 Å². The van der Waals surface area contributed by atoms with E-state index in [1.54, 1.807) is 12.4 Å². The van der Waals surface area contributed by atoms with Crippen LogP contribution < -0.4 is 10.6 Å². The van der Waals surface area contributed by atoms with E-state index < -0.39 is 0 Å². The molecule has 1 saturated heterocycles. The van der Waals surface area contributed by atoms with Crippen molar-refractivity contribution < 1.29 is 4.79 Å². The van der Waals surface area contributed by atoms with Crippen molar-refractivity contribution in [2.75, 3.05) is 37.2 Å². The number of nitrogens with zero attached hydrogens (tertiary/aromatic N) is 3. The molecule has 1 aromatic heterocycles. The average Bonchev–Trinajstić information content (AvgIpc) is 2.69. The molecule has 4 rings (SSSR count). The first-order valence-corrected chi connectivity index (χ1v) is 9.63. The van der Waals surface area contributed by atoms with E-state index in [1.165, 1.54) is 22.6 Å². The molecular formula is C18H21N5OS. The van der Waals surface area contributed by atoms with Crippen molar-refractivity contribution in [1.29, 1.82) is 0 Å². The van der Waals surface area contributed by atoms with Crippen molar-refractivity contribution in [3.8, 4) is 0 Å². The molecule has 0 atom stereocenters. The molecule has 7 heteroatoms. The summed E-state index contributed by atoms with van der Waals surface area (Å²) in [6.45, 7) is 3.09. The highest BCUT2D eigenvalue weighted by atomic mass is 32.2. The maximum Gasteiger partial charge on any atom is 0.274 e. The number of hydrogen-bond acceptors (Lipinski definition) is 6. The zero-order valence-electron chi connectivity index (χ0n) is 14.0. The first-order valence-electron chi connectivity index (χ1n) is 8.64. The van der Waals surface area contributed by atoms with Crippen molar-refractivity contribution >= 4 is 29.2 Å². The zero-order chi connectivity index (χ0) is 17.1. The summed E-state index contributed by atoms with van der Waals surface area (Å²) in [7, 11) is 0. The molecule has 0 radical (unpaired) electrons. The Morgan fingerprint density at radius 2 is 2.08 bits per heavy atom. The molecule has 0 unspecified atom stereocenters. The molecule has 0 spiro atoms. The maximum absolute atomic E-state index is 12.4. The van der Waals surface area contributed by atoms with Crippen LogP contribution in [-0.2, 0) is 6.42 Å². The number of thioether (sulfide) groups is 1. The Balaban J connectivity index is 1.44. The third-order valence-electron chi connectivity index (χ3n) is 4.46. The van der Waals surface area contributed by atoms with Crippen LogP contribution in [0.25, 0.3) is 0 Å². The minimum Gasteiger partial charge on any atom is -0.339 e. The molecule has 2 aliphatic rings. The molecule has 0 aliphatic carbocycles. The zero-order valence-corrected chi connectivity index (χ0v) is 14.8. The van der Waals surface area contributed by atoms with Crippen molar-refractivity contribution in [3.63, 3.8) is 0 Å². The van der Waals surface area contributed by atoms with Gasteiger partial charge in [0.25, 0.3) is 5.91 Å². The Bertz CT molecular complexity index is 759. The quantitative estimate of drug-likeness (QED) is 0.880. The van der Waals surface area contributed by atoms with Crippen LogP contribution in [0.15, 0.2) is 35.5 Å². The van der Waals surface area contributed by atoms with Gasteiger partial charge < -0.3 is 15.5 Å². The highest BCUT2D eigenvalue weighted by molar-refractivity contribution is 7.99. The van der Waals surface area contributed by atoms with E-state index in [2.05, 4.69) is 38.8 Å². The largest absolute Gasteiger partial charge is 0.339 e. The number of amides is 1. The van der Waals surface area contributed by atoms with Crippen molar-refractivity contribution in [3.05, 3.63) is 41.9 Å². The molecule has 6 nitrogen and oxygen atoms in total. The summed E-state index contributed by atoms with van der Waals surface area (Å²) in [6, 6.07) is 6.42. The number of rotatable bonds is 3. The first kappa shape index (κ1) is 16.4. The Labute approximate surface area is 151 Å². The molecule has 1 aromatic carbocycles. The molecule has 0 bridgehead atoms. The van der Waals surface area contributed by atoms with Crippen molar-refractivity contribution in [2.24, 2.45) is 0 Å². The number of nitrogens with one attached hydrogen (secondary N) is 2. The topological polar surface area (TPSA) is 70.2 Å². The normalized spacial score (nSPS) is 17.0. The summed E-state index contributed by atoms with van der Waals surface area (Å²) in [4.78, 5) is 24.2. The van der Waals surface area contributed by atoms with Gasteiger partial charge in [-0.05, 0) is 42.4 Å². The lowest BCUT2D eigenvalue weighted by Crippen LogP contribution is -2.46. The van der Waals surface area contributed by atoms with Gasteiger partial charge in [-0.3, -0.25) is 4.79 Å². The summed E-state index contributed by atoms with van der Waals surface area (Å²) >= 11 is 1.92. The van der Waals surface area contributed by atoms with Crippen molar-refractivity contribution in [2.45, 2.75) is 17.7 Å². The predicted octanol–water partition coefficient (Wildman–Crippen LogP) is 2.30. The van der Waals surface area contributed by atoms with Gasteiger partial charge in [-0.15, -0.1) is 11.8 Å². The van der Waals surface area contributed by atoms with Gasteiger partial charge in [0.05, 0.1) is 12.4 Å². The van der Waals surface area contributed by atoms with Crippen molar-refractivity contribution in [1.82, 2.24) is 20.2 Å². The summed E-state index contributed by atoms with van der Waals surface area (Å²) < 4.78 is 0. The molecule has 2 N–H and O–H groups in total. The second-order valence-corrected chi connectivity index (χ2v) is 7.37. The molecule has 25 heavy (non-hydrogen) atoms. The van der Waals surface area contributed by atoms with Gasteiger partial charge in [-0.1, -0.05) is 0 Å². The summed E-state index contributed by atoms with van der Waals surface area (Å²) in [5.41, 5.74) is 2.80. The molecular weight excluding hydrogens is 334 g/mol. The van der Waals surface area contributed by atoms with E-state index in [0.29, 0.717) is 24.6 Å². The lowest BCUT2D eigenvalue weighted by molar-refractivity contribution is 0.0729. The summed E-state index contributed by atoms with van der Waals surface area (Å²) in [5.74, 6) is 1.81. The Hall–Kier alpha value is -2.12. The summed E-state index contributed by atoms with van der Waals surface area (Å²) in [5, 5.41) is 6.52. The molecule has 1 amide bonds. The standard InChI is InChI=1S/C18H21N5OS/c24-18(23-7-5-19-6-8-23)15-11-21-17(12-20-15)22-14-3-4-16-13(10-14)2-1-9-25-16/h3-4,10-12,19H,1-2,5-9H2,(H,21,22). The van der Waals surface area contributed by atoms with E-state index in [-0.39, 0.29) is 5.91 Å². The van der Waals surface area contributed by atoms with E-state index in [4.69, 9.17) is 0 Å². The number of carbonyl (C=O) groups is 1.